The fourth-order valence-electron chi connectivity index (χ4n) is 4.09. The summed E-state index contributed by atoms with van der Waals surface area (Å²) in [6, 6.07) is 2.41. The number of rotatable bonds is 7. The van der Waals surface area contributed by atoms with Gasteiger partial charge in [0.1, 0.15) is 10.6 Å². The van der Waals surface area contributed by atoms with Gasteiger partial charge in [-0.1, -0.05) is 29.6 Å². The van der Waals surface area contributed by atoms with Crippen molar-refractivity contribution in [3.8, 4) is 0 Å². The van der Waals surface area contributed by atoms with E-state index in [1.807, 2.05) is 0 Å². The van der Waals surface area contributed by atoms with E-state index >= 15 is 0 Å². The van der Waals surface area contributed by atoms with Crippen LogP contribution in [0, 0.1) is 6.92 Å². The van der Waals surface area contributed by atoms with Crippen LogP contribution in [-0.2, 0) is 23.6 Å². The highest BCUT2D eigenvalue weighted by atomic mass is 35.5. The number of nitrogens with zero attached hydrogens (tertiary/aromatic N) is 5. The lowest BCUT2D eigenvalue weighted by molar-refractivity contribution is 0.101. The van der Waals surface area contributed by atoms with Crippen LogP contribution in [0.1, 0.15) is 52.7 Å². The number of anilines is 2. The number of hydrogen-bond donors (Lipinski definition) is 2. The molecule has 0 aliphatic carbocycles. The molecule has 4 rings (SSSR count). The van der Waals surface area contributed by atoms with Gasteiger partial charge < -0.3 is 10.6 Å². The van der Waals surface area contributed by atoms with Gasteiger partial charge in [-0.15, -0.1) is 0 Å². The van der Waals surface area contributed by atoms with Crippen LogP contribution in [0.25, 0.3) is 0 Å². The Balaban J connectivity index is 1.64. The maximum absolute atomic E-state index is 13.3. The van der Waals surface area contributed by atoms with Gasteiger partial charge in [-0.3, -0.25) is 19.0 Å². The first-order valence-corrected chi connectivity index (χ1v) is 13.9. The van der Waals surface area contributed by atoms with E-state index in [1.54, 1.807) is 25.6 Å². The number of aromatic nitrogens is 4. The van der Waals surface area contributed by atoms with Crippen molar-refractivity contribution in [2.24, 2.45) is 7.05 Å². The smallest absolute Gasteiger partial charge is 0.276 e. The maximum atomic E-state index is 13.3. The minimum atomic E-state index is -3.92. The molecule has 0 radical (unpaired) electrons. The van der Waals surface area contributed by atoms with Crippen LogP contribution in [0.3, 0.4) is 0 Å². The molecule has 37 heavy (non-hydrogen) atoms. The number of amides is 2. The molecule has 3 aromatic rings. The summed E-state index contributed by atoms with van der Waals surface area (Å²) in [4.78, 5) is 26.2. The second-order valence-corrected chi connectivity index (χ2v) is 11.3. The molecule has 0 saturated carbocycles. The van der Waals surface area contributed by atoms with E-state index in [4.69, 9.17) is 23.2 Å². The van der Waals surface area contributed by atoms with Crippen molar-refractivity contribution in [1.82, 2.24) is 23.9 Å². The molecule has 0 atom stereocenters. The molecular formula is C23H27Cl2N7O4S. The Bertz CT molecular complexity index is 1460. The van der Waals surface area contributed by atoms with Gasteiger partial charge in [-0.25, -0.2) is 8.42 Å². The van der Waals surface area contributed by atoms with E-state index in [0.29, 0.717) is 25.3 Å². The quantitative estimate of drug-likeness (QED) is 0.444. The first-order chi connectivity index (χ1) is 17.5. The summed E-state index contributed by atoms with van der Waals surface area (Å²) in [5, 5.41) is 13.6. The van der Waals surface area contributed by atoms with Crippen LogP contribution in [0.4, 0.5) is 11.4 Å². The molecule has 1 saturated heterocycles. The Kier molecular flexibility index (Phi) is 7.93. The van der Waals surface area contributed by atoms with E-state index in [1.165, 1.54) is 33.5 Å². The highest BCUT2D eigenvalue weighted by Gasteiger charge is 2.30. The summed E-state index contributed by atoms with van der Waals surface area (Å²) in [7, 11) is -2.17. The minimum absolute atomic E-state index is 0.0278. The second kappa shape index (κ2) is 10.8. The van der Waals surface area contributed by atoms with E-state index in [9.17, 15) is 18.0 Å². The Labute approximate surface area is 224 Å². The topological polar surface area (TPSA) is 131 Å². The Hall–Kier alpha value is -2.93. The Morgan fingerprint density at radius 1 is 0.973 bits per heavy atom. The van der Waals surface area contributed by atoms with Gasteiger partial charge >= 0.3 is 0 Å². The number of aryl methyl sites for hydroxylation is 2. The molecule has 2 aromatic heterocycles. The minimum Gasteiger partial charge on any atom is -0.319 e. The fourth-order valence-corrected chi connectivity index (χ4v) is 6.44. The van der Waals surface area contributed by atoms with Crippen molar-refractivity contribution in [2.75, 3.05) is 23.7 Å². The molecule has 1 fully saturated rings. The number of piperidine rings is 1. The number of benzene rings is 1. The Morgan fingerprint density at radius 2 is 1.62 bits per heavy atom. The maximum Gasteiger partial charge on any atom is 0.276 e. The number of nitrogens with one attached hydrogen (secondary N) is 2. The van der Waals surface area contributed by atoms with Crippen molar-refractivity contribution in [1.29, 1.82) is 0 Å². The predicted octanol–water partition coefficient (Wildman–Crippen LogP) is 3.93. The van der Waals surface area contributed by atoms with Gasteiger partial charge in [0.05, 0.1) is 45.1 Å². The molecule has 1 aliphatic heterocycles. The Morgan fingerprint density at radius 3 is 2.24 bits per heavy atom. The second-order valence-electron chi connectivity index (χ2n) is 8.63. The third-order valence-electron chi connectivity index (χ3n) is 6.28. The summed E-state index contributed by atoms with van der Waals surface area (Å²) < 4.78 is 30.9. The number of carbonyl (C=O) groups excluding carboxylic acids is 2. The highest BCUT2D eigenvalue weighted by Crippen LogP contribution is 2.32. The molecule has 2 N–H and O–H groups in total. The van der Waals surface area contributed by atoms with Crippen molar-refractivity contribution >= 4 is 56.4 Å². The third kappa shape index (κ3) is 5.37. The van der Waals surface area contributed by atoms with E-state index in [-0.39, 0.29) is 31.9 Å². The van der Waals surface area contributed by atoms with Gasteiger partial charge in [0, 0.05) is 26.7 Å². The third-order valence-corrected chi connectivity index (χ3v) is 8.96. The first kappa shape index (κ1) is 27.1. The largest absolute Gasteiger partial charge is 0.319 e. The summed E-state index contributed by atoms with van der Waals surface area (Å²) in [6.45, 7) is 4.74. The average Bonchev–Trinajstić information content (AvgIpc) is 3.42. The molecular weight excluding hydrogens is 541 g/mol. The lowest BCUT2D eigenvalue weighted by Gasteiger charge is -2.26. The van der Waals surface area contributed by atoms with Crippen LogP contribution in [0.2, 0.25) is 10.0 Å². The van der Waals surface area contributed by atoms with Gasteiger partial charge in [0.2, 0.25) is 10.0 Å². The number of carbonyl (C=O) groups is 2. The first-order valence-electron chi connectivity index (χ1n) is 11.7. The van der Waals surface area contributed by atoms with Crippen molar-refractivity contribution in [3.05, 3.63) is 51.5 Å². The molecule has 3 heterocycles. The van der Waals surface area contributed by atoms with Crippen LogP contribution < -0.4 is 10.6 Å². The zero-order chi connectivity index (χ0) is 26.9. The highest BCUT2D eigenvalue weighted by molar-refractivity contribution is 7.89. The molecule has 0 bridgehead atoms. The van der Waals surface area contributed by atoms with Crippen molar-refractivity contribution in [2.45, 2.75) is 44.6 Å². The molecule has 198 valence electrons. The molecule has 11 nitrogen and oxygen atoms in total. The molecule has 2 amide bonds. The SMILES string of the molecule is CCn1ncc(NC(=O)c2cc(S(=O)(=O)N3CCCCC3)c(Cl)cc2Cl)c1C(=O)Nc1cnn(C)c1C. The number of sulfonamides is 1. The molecule has 14 heteroatoms. The van der Waals surface area contributed by atoms with Gasteiger partial charge in [0.15, 0.2) is 0 Å². The van der Waals surface area contributed by atoms with Crippen LogP contribution in [0.5, 0.6) is 0 Å². The molecule has 1 aliphatic rings. The summed E-state index contributed by atoms with van der Waals surface area (Å²) in [5.74, 6) is -1.21. The lowest BCUT2D eigenvalue weighted by Crippen LogP contribution is -2.35. The summed E-state index contributed by atoms with van der Waals surface area (Å²) in [5.41, 5.74) is 1.42. The normalized spacial score (nSPS) is 14.5. The van der Waals surface area contributed by atoms with Crippen LogP contribution in [0.15, 0.2) is 29.4 Å². The summed E-state index contributed by atoms with van der Waals surface area (Å²) >= 11 is 12.6. The number of hydrogen-bond acceptors (Lipinski definition) is 6. The fraction of sp³-hybridized carbons (Fsp3) is 0.391. The van der Waals surface area contributed by atoms with Gasteiger partial charge in [0.25, 0.3) is 11.8 Å². The number of halogens is 2. The monoisotopic (exact) mass is 567 g/mol. The standard InChI is InChI=1S/C23H27Cl2N7O4S/c1-4-32-21(23(34)28-18-12-26-30(3)14(18)2)19(13-27-32)29-22(33)15-10-20(17(25)11-16(15)24)37(35,36)31-8-6-5-7-9-31/h10-13H,4-9H2,1-3H3,(H,28,34)(H,29,33). The average molecular weight is 568 g/mol. The molecule has 0 unspecified atom stereocenters. The summed E-state index contributed by atoms with van der Waals surface area (Å²) in [6.07, 6.45) is 5.33. The van der Waals surface area contributed by atoms with E-state index < -0.39 is 21.8 Å². The van der Waals surface area contributed by atoms with E-state index in [2.05, 4.69) is 20.8 Å². The van der Waals surface area contributed by atoms with Gasteiger partial charge in [-0.2, -0.15) is 14.5 Å². The van der Waals surface area contributed by atoms with Crippen molar-refractivity contribution < 1.29 is 18.0 Å². The van der Waals surface area contributed by atoms with Gasteiger partial charge in [-0.05, 0) is 38.8 Å². The predicted molar refractivity (Wildman–Crippen MR) is 141 cm³/mol. The van der Waals surface area contributed by atoms with Crippen LogP contribution in [-0.4, -0.2) is 57.2 Å². The van der Waals surface area contributed by atoms with E-state index in [0.717, 1.165) is 25.0 Å². The zero-order valence-electron chi connectivity index (χ0n) is 20.6. The zero-order valence-corrected chi connectivity index (χ0v) is 22.9. The molecule has 0 spiro atoms. The lowest BCUT2D eigenvalue weighted by atomic mass is 10.2. The molecule has 1 aromatic carbocycles. The van der Waals surface area contributed by atoms with Crippen molar-refractivity contribution in [3.63, 3.8) is 0 Å². The van der Waals surface area contributed by atoms with Crippen LogP contribution >= 0.6 is 23.2 Å².